The molecule has 0 fully saturated rings. The fourth-order valence-electron chi connectivity index (χ4n) is 1.23. The van der Waals surface area contributed by atoms with E-state index in [4.69, 9.17) is 10.00 Å². The topological polar surface area (TPSA) is 62.1 Å². The summed E-state index contributed by atoms with van der Waals surface area (Å²) < 4.78 is 5.50. The van der Waals surface area contributed by atoms with Crippen LogP contribution in [0.2, 0.25) is 0 Å². The summed E-state index contributed by atoms with van der Waals surface area (Å²) >= 11 is 0. The number of amides is 1. The van der Waals surface area contributed by atoms with Crippen LogP contribution in [-0.4, -0.2) is 12.0 Å². The summed E-state index contributed by atoms with van der Waals surface area (Å²) in [6.45, 7) is 7.06. The first-order chi connectivity index (χ1) is 8.35. The largest absolute Gasteiger partial charge is 0.491 e. The Kier molecular flexibility index (Phi) is 4.33. The molecule has 0 aliphatic rings. The summed E-state index contributed by atoms with van der Waals surface area (Å²) in [6, 6.07) is 9.04. The standard InChI is InChI=1S/C14H18N2O2/c1-10(2)18-12-7-5-11(6-8-12)16-13(17)14(3,4)9-15/h5-8,10H,1-4H3,(H,16,17). The summed E-state index contributed by atoms with van der Waals surface area (Å²) in [7, 11) is 0. The van der Waals surface area contributed by atoms with Gasteiger partial charge in [0.05, 0.1) is 12.2 Å². The number of carbonyl (C=O) groups excluding carboxylic acids is 1. The number of carbonyl (C=O) groups is 1. The Hall–Kier alpha value is -2.02. The van der Waals surface area contributed by atoms with Crippen molar-refractivity contribution in [2.45, 2.75) is 33.8 Å². The minimum atomic E-state index is -1.03. The van der Waals surface area contributed by atoms with Crippen molar-refractivity contribution in [3.8, 4) is 11.8 Å². The minimum Gasteiger partial charge on any atom is -0.491 e. The van der Waals surface area contributed by atoms with Gasteiger partial charge in [-0.2, -0.15) is 5.26 Å². The third kappa shape index (κ3) is 3.77. The van der Waals surface area contributed by atoms with E-state index in [-0.39, 0.29) is 12.0 Å². The monoisotopic (exact) mass is 246 g/mol. The molecule has 0 unspecified atom stereocenters. The van der Waals surface area contributed by atoms with Crippen molar-refractivity contribution in [3.05, 3.63) is 24.3 Å². The zero-order chi connectivity index (χ0) is 13.8. The number of hydrogen-bond acceptors (Lipinski definition) is 3. The number of benzene rings is 1. The van der Waals surface area contributed by atoms with Crippen LogP contribution in [0.4, 0.5) is 5.69 Å². The molecule has 1 amide bonds. The molecule has 0 aromatic heterocycles. The number of ether oxygens (including phenoxy) is 1. The fraction of sp³-hybridized carbons (Fsp3) is 0.429. The first-order valence-electron chi connectivity index (χ1n) is 5.84. The van der Waals surface area contributed by atoms with Crippen molar-refractivity contribution in [2.75, 3.05) is 5.32 Å². The fourth-order valence-corrected chi connectivity index (χ4v) is 1.23. The number of rotatable bonds is 4. The molecule has 1 aromatic carbocycles. The van der Waals surface area contributed by atoms with Gasteiger partial charge in [0.2, 0.25) is 5.91 Å². The second-order valence-corrected chi connectivity index (χ2v) is 4.88. The lowest BCUT2D eigenvalue weighted by molar-refractivity contribution is -0.121. The molecule has 4 heteroatoms. The molecule has 0 heterocycles. The number of hydrogen-bond donors (Lipinski definition) is 1. The third-order valence-corrected chi connectivity index (χ3v) is 2.33. The maximum atomic E-state index is 11.8. The molecule has 0 atom stereocenters. The summed E-state index contributed by atoms with van der Waals surface area (Å²) in [4.78, 5) is 11.8. The van der Waals surface area contributed by atoms with Crippen LogP contribution < -0.4 is 10.1 Å². The Bertz CT molecular complexity index is 456. The summed E-state index contributed by atoms with van der Waals surface area (Å²) in [5.41, 5.74) is -0.382. The third-order valence-electron chi connectivity index (χ3n) is 2.33. The second kappa shape index (κ2) is 5.54. The Morgan fingerprint density at radius 3 is 2.33 bits per heavy atom. The Morgan fingerprint density at radius 1 is 1.33 bits per heavy atom. The Morgan fingerprint density at radius 2 is 1.89 bits per heavy atom. The van der Waals surface area contributed by atoms with Crippen LogP contribution in [-0.2, 0) is 4.79 Å². The van der Waals surface area contributed by atoms with E-state index in [2.05, 4.69) is 5.32 Å². The number of nitrogens with zero attached hydrogens (tertiary/aromatic N) is 1. The highest BCUT2D eigenvalue weighted by Crippen LogP contribution is 2.20. The molecule has 0 bridgehead atoms. The van der Waals surface area contributed by atoms with Gasteiger partial charge in [-0.3, -0.25) is 4.79 Å². The summed E-state index contributed by atoms with van der Waals surface area (Å²) in [6.07, 6.45) is 0.114. The van der Waals surface area contributed by atoms with Crippen LogP contribution in [0.25, 0.3) is 0 Å². The average Bonchev–Trinajstić information content (AvgIpc) is 2.31. The first kappa shape index (κ1) is 14.0. The Labute approximate surface area is 108 Å². The van der Waals surface area contributed by atoms with Crippen molar-refractivity contribution in [3.63, 3.8) is 0 Å². The maximum absolute atomic E-state index is 11.8. The molecule has 1 N–H and O–H groups in total. The van der Waals surface area contributed by atoms with Crippen LogP contribution in [0.15, 0.2) is 24.3 Å². The van der Waals surface area contributed by atoms with E-state index < -0.39 is 5.41 Å². The molecular formula is C14H18N2O2. The number of nitrogens with one attached hydrogen (secondary N) is 1. The highest BCUT2D eigenvalue weighted by atomic mass is 16.5. The summed E-state index contributed by atoms with van der Waals surface area (Å²) in [5, 5.41) is 11.6. The van der Waals surface area contributed by atoms with Gasteiger partial charge >= 0.3 is 0 Å². The number of anilines is 1. The first-order valence-corrected chi connectivity index (χ1v) is 5.84. The highest BCUT2D eigenvalue weighted by molar-refractivity contribution is 5.96. The van der Waals surface area contributed by atoms with E-state index in [0.717, 1.165) is 5.75 Å². The predicted molar refractivity (Wildman–Crippen MR) is 70.2 cm³/mol. The average molecular weight is 246 g/mol. The molecule has 1 aromatic rings. The molecule has 0 spiro atoms. The van der Waals surface area contributed by atoms with E-state index in [1.807, 2.05) is 19.9 Å². The summed E-state index contributed by atoms with van der Waals surface area (Å²) in [5.74, 6) is 0.435. The van der Waals surface area contributed by atoms with Crippen molar-refractivity contribution in [2.24, 2.45) is 5.41 Å². The lowest BCUT2D eigenvalue weighted by atomic mass is 9.94. The van der Waals surface area contributed by atoms with Crippen LogP contribution >= 0.6 is 0 Å². The second-order valence-electron chi connectivity index (χ2n) is 4.88. The van der Waals surface area contributed by atoms with Crippen molar-refractivity contribution in [1.82, 2.24) is 0 Å². The molecule has 0 saturated carbocycles. The van der Waals surface area contributed by atoms with Crippen molar-refractivity contribution >= 4 is 11.6 Å². The van der Waals surface area contributed by atoms with E-state index in [1.54, 1.807) is 38.1 Å². The van der Waals surface area contributed by atoms with Crippen LogP contribution in [0, 0.1) is 16.7 Å². The van der Waals surface area contributed by atoms with E-state index in [9.17, 15) is 4.79 Å². The zero-order valence-corrected chi connectivity index (χ0v) is 11.2. The van der Waals surface area contributed by atoms with E-state index in [1.165, 1.54) is 0 Å². The van der Waals surface area contributed by atoms with Gasteiger partial charge in [0.1, 0.15) is 11.2 Å². The molecule has 18 heavy (non-hydrogen) atoms. The molecule has 4 nitrogen and oxygen atoms in total. The molecular weight excluding hydrogens is 228 g/mol. The van der Waals surface area contributed by atoms with Gasteiger partial charge in [0, 0.05) is 5.69 Å². The van der Waals surface area contributed by atoms with Gasteiger partial charge in [-0.05, 0) is 52.0 Å². The van der Waals surface area contributed by atoms with Crippen LogP contribution in [0.5, 0.6) is 5.75 Å². The van der Waals surface area contributed by atoms with E-state index in [0.29, 0.717) is 5.69 Å². The van der Waals surface area contributed by atoms with Crippen molar-refractivity contribution < 1.29 is 9.53 Å². The van der Waals surface area contributed by atoms with Gasteiger partial charge in [-0.15, -0.1) is 0 Å². The van der Waals surface area contributed by atoms with Gasteiger partial charge in [0.25, 0.3) is 0 Å². The minimum absolute atomic E-state index is 0.114. The van der Waals surface area contributed by atoms with Gasteiger partial charge in [0.15, 0.2) is 0 Å². The molecule has 0 aliphatic carbocycles. The normalized spacial score (nSPS) is 10.9. The lowest BCUT2D eigenvalue weighted by Crippen LogP contribution is -2.29. The Balaban J connectivity index is 2.70. The quantitative estimate of drug-likeness (QED) is 0.888. The molecule has 0 aliphatic heterocycles. The number of nitriles is 1. The van der Waals surface area contributed by atoms with Crippen LogP contribution in [0.1, 0.15) is 27.7 Å². The predicted octanol–water partition coefficient (Wildman–Crippen LogP) is 2.96. The van der Waals surface area contributed by atoms with Gasteiger partial charge in [-0.25, -0.2) is 0 Å². The lowest BCUT2D eigenvalue weighted by Gasteiger charge is -2.15. The van der Waals surface area contributed by atoms with Gasteiger partial charge < -0.3 is 10.1 Å². The van der Waals surface area contributed by atoms with Gasteiger partial charge in [-0.1, -0.05) is 0 Å². The molecule has 96 valence electrons. The molecule has 1 rings (SSSR count). The zero-order valence-electron chi connectivity index (χ0n) is 11.2. The highest BCUT2D eigenvalue weighted by Gasteiger charge is 2.27. The molecule has 0 radical (unpaired) electrons. The maximum Gasteiger partial charge on any atom is 0.244 e. The smallest absolute Gasteiger partial charge is 0.244 e. The molecule has 0 saturated heterocycles. The van der Waals surface area contributed by atoms with Crippen LogP contribution in [0.3, 0.4) is 0 Å². The van der Waals surface area contributed by atoms with Crippen molar-refractivity contribution in [1.29, 1.82) is 5.26 Å². The SMILES string of the molecule is CC(C)Oc1ccc(NC(=O)C(C)(C)C#N)cc1. The van der Waals surface area contributed by atoms with E-state index >= 15 is 0 Å².